The maximum Gasteiger partial charge on any atom is 0.307 e. The second-order valence-electron chi connectivity index (χ2n) is 6.50. The summed E-state index contributed by atoms with van der Waals surface area (Å²) in [4.78, 5) is 25.8. The Labute approximate surface area is 131 Å². The van der Waals surface area contributed by atoms with Crippen LogP contribution in [0, 0.1) is 11.8 Å². The number of aliphatic carboxylic acids is 1. The van der Waals surface area contributed by atoms with E-state index in [2.05, 4.69) is 31.2 Å². The van der Waals surface area contributed by atoms with Crippen molar-refractivity contribution in [1.29, 1.82) is 0 Å². The van der Waals surface area contributed by atoms with E-state index in [0.717, 1.165) is 24.8 Å². The van der Waals surface area contributed by atoms with Gasteiger partial charge in [-0.15, -0.1) is 0 Å². The van der Waals surface area contributed by atoms with Crippen molar-refractivity contribution in [2.45, 2.75) is 51.6 Å². The molecule has 2 fully saturated rings. The van der Waals surface area contributed by atoms with Gasteiger partial charge in [-0.2, -0.15) is 0 Å². The lowest BCUT2D eigenvalue weighted by atomic mass is 9.73. The van der Waals surface area contributed by atoms with E-state index < -0.39 is 11.9 Å². The molecule has 1 aromatic carbocycles. The Hall–Kier alpha value is -1.84. The van der Waals surface area contributed by atoms with Gasteiger partial charge in [-0.25, -0.2) is 0 Å². The van der Waals surface area contributed by atoms with Gasteiger partial charge in [-0.3, -0.25) is 9.59 Å². The SMILES string of the molecule is CCc1ccc(CN(C(=O)C2CCC2C(=O)O)C2CC2)cc1. The molecule has 0 spiro atoms. The average Bonchev–Trinajstić information content (AvgIpc) is 3.28. The Morgan fingerprint density at radius 2 is 1.64 bits per heavy atom. The summed E-state index contributed by atoms with van der Waals surface area (Å²) in [6.07, 6.45) is 4.45. The lowest BCUT2D eigenvalue weighted by Crippen LogP contribution is -2.46. The van der Waals surface area contributed by atoms with Gasteiger partial charge in [0.15, 0.2) is 0 Å². The van der Waals surface area contributed by atoms with E-state index in [1.807, 2.05) is 4.90 Å². The number of carboxylic acids is 1. The molecule has 2 atom stereocenters. The van der Waals surface area contributed by atoms with E-state index in [1.54, 1.807) is 0 Å². The molecule has 2 saturated carbocycles. The molecule has 0 aromatic heterocycles. The summed E-state index contributed by atoms with van der Waals surface area (Å²) < 4.78 is 0. The van der Waals surface area contributed by atoms with Crippen LogP contribution in [0.4, 0.5) is 0 Å². The van der Waals surface area contributed by atoms with Crippen molar-refractivity contribution in [1.82, 2.24) is 4.90 Å². The van der Waals surface area contributed by atoms with Gasteiger partial charge in [0.1, 0.15) is 0 Å². The molecule has 2 aliphatic carbocycles. The minimum atomic E-state index is -0.826. The fourth-order valence-electron chi connectivity index (χ4n) is 3.15. The van der Waals surface area contributed by atoms with Gasteiger partial charge in [0, 0.05) is 12.6 Å². The van der Waals surface area contributed by atoms with Gasteiger partial charge in [0.25, 0.3) is 0 Å². The Kier molecular flexibility index (Phi) is 4.19. The molecule has 0 radical (unpaired) electrons. The zero-order chi connectivity index (χ0) is 15.7. The van der Waals surface area contributed by atoms with Crippen LogP contribution < -0.4 is 0 Å². The second-order valence-corrected chi connectivity index (χ2v) is 6.50. The molecule has 22 heavy (non-hydrogen) atoms. The van der Waals surface area contributed by atoms with Crippen molar-refractivity contribution < 1.29 is 14.7 Å². The zero-order valence-corrected chi connectivity index (χ0v) is 13.0. The lowest BCUT2D eigenvalue weighted by molar-refractivity contribution is -0.157. The fourth-order valence-corrected chi connectivity index (χ4v) is 3.15. The summed E-state index contributed by atoms with van der Waals surface area (Å²) in [5, 5.41) is 9.17. The molecule has 1 N–H and O–H groups in total. The van der Waals surface area contributed by atoms with Crippen molar-refractivity contribution in [3.05, 3.63) is 35.4 Å². The van der Waals surface area contributed by atoms with Gasteiger partial charge in [-0.1, -0.05) is 31.2 Å². The van der Waals surface area contributed by atoms with E-state index in [-0.39, 0.29) is 11.8 Å². The summed E-state index contributed by atoms with van der Waals surface area (Å²) in [6.45, 7) is 2.73. The Bertz CT molecular complexity index is 562. The zero-order valence-electron chi connectivity index (χ0n) is 13.0. The first-order valence-electron chi connectivity index (χ1n) is 8.21. The number of carbonyl (C=O) groups is 2. The fraction of sp³-hybridized carbons (Fsp3) is 0.556. The van der Waals surface area contributed by atoms with Crippen LogP contribution in [0.15, 0.2) is 24.3 Å². The largest absolute Gasteiger partial charge is 0.481 e. The summed E-state index contributed by atoms with van der Waals surface area (Å²) in [7, 11) is 0. The van der Waals surface area contributed by atoms with Crippen LogP contribution in [0.1, 0.15) is 43.7 Å². The molecule has 0 heterocycles. The van der Waals surface area contributed by atoms with Crippen LogP contribution in [0.3, 0.4) is 0 Å². The van der Waals surface area contributed by atoms with Crippen molar-refractivity contribution in [2.24, 2.45) is 11.8 Å². The van der Waals surface area contributed by atoms with E-state index in [9.17, 15) is 9.59 Å². The van der Waals surface area contributed by atoms with Crippen molar-refractivity contribution in [2.75, 3.05) is 0 Å². The number of aryl methyl sites for hydroxylation is 1. The maximum atomic E-state index is 12.7. The topological polar surface area (TPSA) is 57.6 Å². The van der Waals surface area contributed by atoms with Gasteiger partial charge < -0.3 is 10.0 Å². The van der Waals surface area contributed by atoms with E-state index in [0.29, 0.717) is 25.4 Å². The van der Waals surface area contributed by atoms with Crippen molar-refractivity contribution >= 4 is 11.9 Å². The highest BCUT2D eigenvalue weighted by atomic mass is 16.4. The van der Waals surface area contributed by atoms with Crippen LogP contribution in [-0.4, -0.2) is 27.9 Å². The number of rotatable bonds is 6. The van der Waals surface area contributed by atoms with E-state index in [4.69, 9.17) is 5.11 Å². The monoisotopic (exact) mass is 301 g/mol. The predicted octanol–water partition coefficient (Wildman–Crippen LogP) is 2.85. The van der Waals surface area contributed by atoms with E-state index >= 15 is 0 Å². The maximum absolute atomic E-state index is 12.7. The minimum absolute atomic E-state index is 0.0423. The van der Waals surface area contributed by atoms with Gasteiger partial charge in [-0.05, 0) is 43.2 Å². The normalized spacial score (nSPS) is 23.7. The number of nitrogens with zero attached hydrogens (tertiary/aromatic N) is 1. The van der Waals surface area contributed by atoms with Crippen LogP contribution in [-0.2, 0) is 22.6 Å². The second kappa shape index (κ2) is 6.11. The minimum Gasteiger partial charge on any atom is -0.481 e. The number of benzene rings is 1. The molecule has 4 nitrogen and oxygen atoms in total. The van der Waals surface area contributed by atoms with Gasteiger partial charge in [0.2, 0.25) is 5.91 Å². The number of hydrogen-bond acceptors (Lipinski definition) is 2. The molecule has 0 bridgehead atoms. The standard InChI is InChI=1S/C18H23NO3/c1-2-12-3-5-13(6-4-12)11-19(14-7-8-14)17(20)15-9-10-16(15)18(21)22/h3-6,14-16H,2,7-11H2,1H3,(H,21,22). The number of carbonyl (C=O) groups excluding carboxylic acids is 1. The van der Waals surface area contributed by atoms with Crippen molar-refractivity contribution in [3.63, 3.8) is 0 Å². The molecule has 1 aromatic rings. The Balaban J connectivity index is 1.69. The molecular formula is C18H23NO3. The molecule has 2 aliphatic rings. The quantitative estimate of drug-likeness (QED) is 0.879. The van der Waals surface area contributed by atoms with Crippen LogP contribution in [0.5, 0.6) is 0 Å². The lowest BCUT2D eigenvalue weighted by Gasteiger charge is -2.36. The summed E-state index contributed by atoms with van der Waals surface area (Å²) in [5.74, 6) is -1.57. The number of carboxylic acid groups (broad SMARTS) is 1. The van der Waals surface area contributed by atoms with Crippen LogP contribution in [0.2, 0.25) is 0 Å². The molecule has 2 unspecified atom stereocenters. The van der Waals surface area contributed by atoms with Crippen LogP contribution >= 0.6 is 0 Å². The third-order valence-electron chi connectivity index (χ3n) is 4.96. The molecular weight excluding hydrogens is 278 g/mol. The Morgan fingerprint density at radius 1 is 1.05 bits per heavy atom. The van der Waals surface area contributed by atoms with Crippen LogP contribution in [0.25, 0.3) is 0 Å². The first kappa shape index (κ1) is 15.1. The van der Waals surface area contributed by atoms with Gasteiger partial charge >= 0.3 is 5.97 Å². The van der Waals surface area contributed by atoms with Gasteiger partial charge in [0.05, 0.1) is 11.8 Å². The summed E-state index contributed by atoms with van der Waals surface area (Å²) in [6, 6.07) is 8.68. The molecule has 0 aliphatic heterocycles. The molecule has 0 saturated heterocycles. The Morgan fingerprint density at radius 3 is 2.09 bits per heavy atom. The predicted molar refractivity (Wildman–Crippen MR) is 83.2 cm³/mol. The van der Waals surface area contributed by atoms with E-state index in [1.165, 1.54) is 5.56 Å². The first-order valence-corrected chi connectivity index (χ1v) is 8.21. The average molecular weight is 301 g/mol. The summed E-state index contributed by atoms with van der Waals surface area (Å²) >= 11 is 0. The highest BCUT2D eigenvalue weighted by molar-refractivity contribution is 5.86. The third kappa shape index (κ3) is 3.01. The van der Waals surface area contributed by atoms with Crippen molar-refractivity contribution in [3.8, 4) is 0 Å². The smallest absolute Gasteiger partial charge is 0.307 e. The molecule has 3 rings (SSSR count). The first-order chi connectivity index (χ1) is 10.6. The highest BCUT2D eigenvalue weighted by Gasteiger charge is 2.45. The molecule has 1 amide bonds. The summed E-state index contributed by atoms with van der Waals surface area (Å²) in [5.41, 5.74) is 2.42. The number of amides is 1. The molecule has 118 valence electrons. The number of hydrogen-bond donors (Lipinski definition) is 1. The third-order valence-corrected chi connectivity index (χ3v) is 4.96. The molecule has 4 heteroatoms. The highest BCUT2D eigenvalue weighted by Crippen LogP contribution is 2.39.